The van der Waals surface area contributed by atoms with Gasteiger partial charge in [0.15, 0.2) is 0 Å². The number of nitrogens with two attached hydrogens (primary N) is 1. The molecule has 0 aliphatic heterocycles. The van der Waals surface area contributed by atoms with E-state index >= 15 is 0 Å². The van der Waals surface area contributed by atoms with E-state index in [4.69, 9.17) is 20.6 Å². The number of amides is 3. The van der Waals surface area contributed by atoms with Gasteiger partial charge in [-0.05, 0) is 0 Å². The van der Waals surface area contributed by atoms with Crippen LogP contribution in [0.5, 0.6) is 0 Å². The monoisotopic (exact) mass is 322 g/mol. The van der Waals surface area contributed by atoms with E-state index in [1.165, 1.54) is 0 Å². The third kappa shape index (κ3) is 12.5. The summed E-state index contributed by atoms with van der Waals surface area (Å²) in [7, 11) is -4.35. The Bertz CT molecular complexity index is 387. The molecule has 0 aromatic heterocycles. The fraction of sp³-hybridized carbons (Fsp3) is 0.571. The van der Waals surface area contributed by atoms with E-state index < -0.39 is 38.6 Å². The van der Waals surface area contributed by atoms with Crippen molar-refractivity contribution in [3.05, 3.63) is 0 Å². The van der Waals surface area contributed by atoms with Gasteiger partial charge in [0.1, 0.15) is 6.35 Å². The molecule has 13 heteroatoms. The second-order valence-corrected chi connectivity index (χ2v) is 4.80. The molecule has 1 unspecified atom stereocenters. The zero-order valence-corrected chi connectivity index (χ0v) is 10.6. The molecule has 0 saturated carbocycles. The number of ether oxygens (including phenoxy) is 1. The van der Waals surface area contributed by atoms with Crippen LogP contribution in [0.15, 0.2) is 4.99 Å². The van der Waals surface area contributed by atoms with Gasteiger partial charge in [-0.3, -0.25) is 14.7 Å². The summed E-state index contributed by atoms with van der Waals surface area (Å²) < 4.78 is 15.2. The van der Waals surface area contributed by atoms with Crippen LogP contribution in [0.3, 0.4) is 0 Å². The van der Waals surface area contributed by atoms with Crippen LogP contribution >= 0.6 is 7.60 Å². The zero-order chi connectivity index (χ0) is 14.9. The molecule has 11 nitrogen and oxygen atoms in total. The van der Waals surface area contributed by atoms with E-state index in [2.05, 4.69) is 15.0 Å². The summed E-state index contributed by atoms with van der Waals surface area (Å²) in [5.41, 5.74) is 5.10. The first-order valence-corrected chi connectivity index (χ1v) is 6.67. The number of nitrogens with zero attached hydrogens (tertiary/aromatic N) is 1. The van der Waals surface area contributed by atoms with E-state index in [0.717, 1.165) is 0 Å². The first-order valence-electron chi connectivity index (χ1n) is 4.87. The molecule has 0 radical (unpaired) electrons. The Kier molecular flexibility index (Phi) is 12.2. The molecule has 20 heavy (non-hydrogen) atoms. The van der Waals surface area contributed by atoms with Gasteiger partial charge in [-0.25, -0.2) is 4.79 Å². The summed E-state index contributed by atoms with van der Waals surface area (Å²) in [5.74, 6) is -0.427. The van der Waals surface area contributed by atoms with Crippen molar-refractivity contribution >= 4 is 55.6 Å². The standard InChI is InChI=1S/C7H15N4O7P.Na.H/c8-6(10-3-13)11-7(14)9-1-5(2-12)18-4-19(15,16)17;;/h3,5,12H,1-2,4H2,(H2,15,16,17)(H4,8,9,10,11,13,14);;. The van der Waals surface area contributed by atoms with Gasteiger partial charge in [-0.1, -0.05) is 0 Å². The Labute approximate surface area is 136 Å². The predicted octanol–water partition coefficient (Wildman–Crippen LogP) is -3.38. The maximum atomic E-state index is 11.1. The van der Waals surface area contributed by atoms with Crippen LogP contribution in [0.2, 0.25) is 0 Å². The number of aliphatic hydroxyl groups is 1. The summed E-state index contributed by atoms with van der Waals surface area (Å²) in [6, 6.07) is -0.912. The molecule has 7 N–H and O–H groups in total. The number of aliphatic hydroxyl groups excluding tert-OH is 1. The maximum absolute atomic E-state index is 11.1. The second kappa shape index (κ2) is 11.2. The molecule has 3 amide bonds. The molecule has 0 spiro atoms. The average Bonchev–Trinajstić information content (AvgIpc) is 2.28. The second-order valence-electron chi connectivity index (χ2n) is 3.21. The van der Waals surface area contributed by atoms with Crippen molar-refractivity contribution in [2.45, 2.75) is 6.10 Å². The number of hydrogen-bond acceptors (Lipinski definition) is 5. The number of aliphatic imine (C=N–C) groups is 1. The average molecular weight is 322 g/mol. The quantitative estimate of drug-likeness (QED) is 0.0921. The van der Waals surface area contributed by atoms with Gasteiger partial charge in [0.05, 0.1) is 12.7 Å². The van der Waals surface area contributed by atoms with Gasteiger partial charge >= 0.3 is 43.2 Å². The fourth-order valence-corrected chi connectivity index (χ4v) is 1.23. The van der Waals surface area contributed by atoms with E-state index in [1.807, 2.05) is 5.32 Å². The van der Waals surface area contributed by atoms with Crippen LogP contribution < -0.4 is 16.4 Å². The summed E-state index contributed by atoms with van der Waals surface area (Å²) in [6.07, 6.45) is -1.66. The number of carbonyl (C=O) groups excluding carboxylic acids is 2. The molecule has 0 fully saturated rings. The van der Waals surface area contributed by atoms with Crippen molar-refractivity contribution in [2.75, 3.05) is 19.5 Å². The van der Waals surface area contributed by atoms with E-state index in [0.29, 0.717) is 0 Å². The summed E-state index contributed by atoms with van der Waals surface area (Å²) in [5, 5.41) is 12.9. The Morgan fingerprint density at radius 2 is 2.10 bits per heavy atom. The predicted molar refractivity (Wildman–Crippen MR) is 70.2 cm³/mol. The fourth-order valence-electron chi connectivity index (χ4n) is 0.821. The topological polar surface area (TPSA) is 184 Å². The third-order valence-corrected chi connectivity index (χ3v) is 2.08. The zero-order valence-electron chi connectivity index (χ0n) is 9.72. The number of nitrogens with one attached hydrogen (secondary N) is 2. The van der Waals surface area contributed by atoms with Crippen molar-refractivity contribution < 1.29 is 33.8 Å². The molecule has 0 aromatic carbocycles. The Morgan fingerprint density at radius 1 is 1.50 bits per heavy atom. The Morgan fingerprint density at radius 3 is 2.55 bits per heavy atom. The minimum atomic E-state index is -4.35. The van der Waals surface area contributed by atoms with Gasteiger partial charge in [0, 0.05) is 6.54 Å². The van der Waals surface area contributed by atoms with Crippen molar-refractivity contribution in [1.29, 1.82) is 0 Å². The van der Waals surface area contributed by atoms with Crippen molar-refractivity contribution in [2.24, 2.45) is 10.7 Å². The SMILES string of the molecule is NC(=NC(=O)NCC(CO)OCP(=O)(O)O)NC=O.[NaH]. The normalized spacial score (nSPS) is 13.1. The number of hydrogen-bond donors (Lipinski definition) is 6. The van der Waals surface area contributed by atoms with Crippen LogP contribution in [0.4, 0.5) is 4.79 Å². The van der Waals surface area contributed by atoms with Crippen molar-refractivity contribution in [1.82, 2.24) is 10.6 Å². The van der Waals surface area contributed by atoms with Gasteiger partial charge in [0.25, 0.3) is 0 Å². The van der Waals surface area contributed by atoms with Crippen molar-refractivity contribution in [3.8, 4) is 0 Å². The molecule has 0 bridgehead atoms. The van der Waals surface area contributed by atoms with Gasteiger partial charge in [-0.15, -0.1) is 0 Å². The molecule has 0 aromatic rings. The first kappa shape index (κ1) is 21.8. The van der Waals surface area contributed by atoms with Gasteiger partial charge < -0.3 is 30.7 Å². The van der Waals surface area contributed by atoms with E-state index in [-0.39, 0.29) is 42.5 Å². The molecule has 0 heterocycles. The number of urea groups is 1. The summed E-state index contributed by atoms with van der Waals surface area (Å²) >= 11 is 0. The molecule has 0 rings (SSSR count). The van der Waals surface area contributed by atoms with Gasteiger partial charge in [-0.2, -0.15) is 4.99 Å². The van der Waals surface area contributed by atoms with Crippen LogP contribution in [-0.4, -0.2) is 88.5 Å². The molecule has 1 atom stereocenters. The van der Waals surface area contributed by atoms with Crippen LogP contribution in [0.1, 0.15) is 0 Å². The molecule has 0 saturated heterocycles. The summed E-state index contributed by atoms with van der Waals surface area (Å²) in [4.78, 5) is 41.4. The summed E-state index contributed by atoms with van der Waals surface area (Å²) in [6.45, 7) is -0.806. The molecule has 0 aliphatic rings. The number of rotatable bonds is 7. The van der Waals surface area contributed by atoms with E-state index in [9.17, 15) is 14.2 Å². The minimum absolute atomic E-state index is 0. The molecular formula is C7H16N4NaO7P. The van der Waals surface area contributed by atoms with Crippen LogP contribution in [0.25, 0.3) is 0 Å². The van der Waals surface area contributed by atoms with Crippen LogP contribution in [0, 0.1) is 0 Å². The number of carbonyl (C=O) groups is 2. The third-order valence-electron chi connectivity index (χ3n) is 1.59. The first-order chi connectivity index (χ1) is 8.78. The molecule has 112 valence electrons. The van der Waals surface area contributed by atoms with Gasteiger partial charge in [0.2, 0.25) is 12.4 Å². The number of guanidine groups is 1. The Balaban J connectivity index is 0. The van der Waals surface area contributed by atoms with Crippen LogP contribution in [-0.2, 0) is 14.1 Å². The molecule has 0 aliphatic carbocycles. The molecular weight excluding hydrogens is 306 g/mol. The Hall–Kier alpha value is -0.520. The van der Waals surface area contributed by atoms with Crippen molar-refractivity contribution in [3.63, 3.8) is 0 Å². The van der Waals surface area contributed by atoms with E-state index in [1.54, 1.807) is 0 Å².